The quantitative estimate of drug-likeness (QED) is 0.278. The summed E-state index contributed by atoms with van der Waals surface area (Å²) in [6.07, 6.45) is -6.62. The predicted octanol–water partition coefficient (Wildman–Crippen LogP) is 0.930. The minimum atomic E-state index is -7.37. The van der Waals surface area contributed by atoms with E-state index in [1.54, 1.807) is 0 Å². The molecule has 0 amide bonds. The molecular weight excluding hydrogens is 403 g/mol. The number of hydrogen-bond donors (Lipinski definition) is 1. The van der Waals surface area contributed by atoms with Crippen LogP contribution in [-0.4, -0.2) is 55.2 Å². The molecule has 0 atom stereocenters. The first kappa shape index (κ1) is 23.4. The van der Waals surface area contributed by atoms with E-state index in [-0.39, 0.29) is 0 Å². The SMILES string of the molecule is C=CC(=O)OCCN([NH3+])S(=O)(=O)C(F)(F)C(F)(F)C(F)(F)C(F)(F)F. The summed E-state index contributed by atoms with van der Waals surface area (Å²) in [6, 6.07) is 0. The van der Waals surface area contributed by atoms with Gasteiger partial charge in [0.2, 0.25) is 0 Å². The Morgan fingerprint density at radius 2 is 1.48 bits per heavy atom. The number of hydrogen-bond acceptors (Lipinski definition) is 4. The van der Waals surface area contributed by atoms with Crippen LogP contribution in [0.25, 0.3) is 0 Å². The highest BCUT2D eigenvalue weighted by molar-refractivity contribution is 7.90. The highest BCUT2D eigenvalue weighted by Gasteiger charge is 2.86. The largest absolute Gasteiger partial charge is 0.461 e. The Hall–Kier alpha value is -1.55. The first-order valence-electron chi connectivity index (χ1n) is 5.70. The number of sulfonamides is 1. The third-order valence-electron chi connectivity index (χ3n) is 2.53. The lowest BCUT2D eigenvalue weighted by molar-refractivity contribution is -0.534. The Labute approximate surface area is 134 Å². The minimum Gasteiger partial charge on any atom is -0.461 e. The van der Waals surface area contributed by atoms with Crippen LogP contribution in [-0.2, 0) is 19.6 Å². The van der Waals surface area contributed by atoms with Gasteiger partial charge in [0.25, 0.3) is 0 Å². The van der Waals surface area contributed by atoms with Crippen molar-refractivity contribution in [2.75, 3.05) is 13.2 Å². The van der Waals surface area contributed by atoms with Gasteiger partial charge < -0.3 is 4.74 Å². The van der Waals surface area contributed by atoms with Crippen molar-refractivity contribution in [3.05, 3.63) is 12.7 Å². The van der Waals surface area contributed by atoms with Gasteiger partial charge >= 0.3 is 39.3 Å². The Balaban J connectivity index is 5.66. The van der Waals surface area contributed by atoms with Gasteiger partial charge in [-0.2, -0.15) is 39.5 Å². The van der Waals surface area contributed by atoms with E-state index in [0.717, 1.165) is 0 Å². The van der Waals surface area contributed by atoms with Crippen LogP contribution in [0.2, 0.25) is 0 Å². The molecule has 0 aliphatic carbocycles. The molecule has 0 bridgehead atoms. The Morgan fingerprint density at radius 3 is 1.84 bits per heavy atom. The van der Waals surface area contributed by atoms with Crippen molar-refractivity contribution in [1.29, 1.82) is 0 Å². The fraction of sp³-hybridized carbons (Fsp3) is 0.667. The van der Waals surface area contributed by atoms with Crippen molar-refractivity contribution >= 4 is 16.0 Å². The zero-order valence-electron chi connectivity index (χ0n) is 11.8. The first-order valence-corrected chi connectivity index (χ1v) is 7.14. The van der Waals surface area contributed by atoms with Crippen molar-refractivity contribution in [2.24, 2.45) is 0 Å². The average molecular weight is 413 g/mol. The number of quaternary nitrogens is 1. The molecule has 0 spiro atoms. The van der Waals surface area contributed by atoms with Gasteiger partial charge in [0.1, 0.15) is 6.61 Å². The molecule has 0 heterocycles. The summed E-state index contributed by atoms with van der Waals surface area (Å²) in [5.41, 5.74) is 0. The van der Waals surface area contributed by atoms with Gasteiger partial charge in [0.15, 0.2) is 0 Å². The molecule has 16 heteroatoms. The summed E-state index contributed by atoms with van der Waals surface area (Å²) in [5, 5.41) is -6.89. The number of halogens is 9. The average Bonchev–Trinajstić information content (AvgIpc) is 2.44. The monoisotopic (exact) mass is 413 g/mol. The third kappa shape index (κ3) is 4.00. The fourth-order valence-electron chi connectivity index (χ4n) is 1.11. The lowest BCUT2D eigenvalue weighted by Crippen LogP contribution is -2.76. The Morgan fingerprint density at radius 1 is 1.04 bits per heavy atom. The van der Waals surface area contributed by atoms with Crippen molar-refractivity contribution < 1.29 is 63.3 Å². The summed E-state index contributed by atoms with van der Waals surface area (Å²) in [6.45, 7) is 0.505. The normalized spacial score (nSPS) is 14.5. The molecule has 0 aromatic rings. The van der Waals surface area contributed by atoms with Crippen LogP contribution in [0.4, 0.5) is 39.5 Å². The molecule has 0 saturated heterocycles. The number of nitrogens with zero attached hydrogens (tertiary/aromatic N) is 1. The van der Waals surface area contributed by atoms with E-state index in [9.17, 15) is 52.7 Å². The van der Waals surface area contributed by atoms with Crippen LogP contribution in [0.5, 0.6) is 0 Å². The van der Waals surface area contributed by atoms with Gasteiger partial charge in [-0.3, -0.25) is 5.84 Å². The fourth-order valence-corrected chi connectivity index (χ4v) is 2.20. The van der Waals surface area contributed by atoms with Gasteiger partial charge in [0, 0.05) is 6.08 Å². The summed E-state index contributed by atoms with van der Waals surface area (Å²) in [7, 11) is -6.80. The molecule has 0 aromatic heterocycles. The van der Waals surface area contributed by atoms with E-state index >= 15 is 0 Å². The highest BCUT2D eigenvalue weighted by atomic mass is 32.2. The van der Waals surface area contributed by atoms with Crippen molar-refractivity contribution in [3.8, 4) is 0 Å². The lowest BCUT2D eigenvalue weighted by atomic mass is 10.1. The van der Waals surface area contributed by atoms with Crippen molar-refractivity contribution in [2.45, 2.75) is 23.3 Å². The molecule has 0 aliphatic heterocycles. The molecule has 6 nitrogen and oxygen atoms in total. The highest BCUT2D eigenvalue weighted by Crippen LogP contribution is 2.54. The molecule has 25 heavy (non-hydrogen) atoms. The molecular formula is C9H10F9N2O4S+. The van der Waals surface area contributed by atoms with Crippen LogP contribution in [0.3, 0.4) is 0 Å². The van der Waals surface area contributed by atoms with E-state index in [1.165, 1.54) is 0 Å². The molecule has 3 N–H and O–H groups in total. The summed E-state index contributed by atoms with van der Waals surface area (Å²) < 4.78 is 140. The van der Waals surface area contributed by atoms with E-state index in [0.29, 0.717) is 6.08 Å². The van der Waals surface area contributed by atoms with E-state index in [1.807, 2.05) is 0 Å². The number of carbonyl (C=O) groups excluding carboxylic acids is 1. The topological polar surface area (TPSA) is 91.3 Å². The zero-order valence-corrected chi connectivity index (χ0v) is 12.6. The van der Waals surface area contributed by atoms with Gasteiger partial charge in [-0.25, -0.2) is 13.2 Å². The van der Waals surface area contributed by atoms with Crippen LogP contribution in [0.15, 0.2) is 12.7 Å². The van der Waals surface area contributed by atoms with Gasteiger partial charge in [-0.1, -0.05) is 6.58 Å². The molecule has 0 rings (SSSR count). The number of ether oxygens (including phenoxy) is 1. The van der Waals surface area contributed by atoms with Crippen molar-refractivity contribution in [1.82, 2.24) is 4.41 Å². The van der Waals surface area contributed by atoms with Gasteiger partial charge in [-0.05, 0) is 4.41 Å². The second-order valence-corrected chi connectivity index (χ2v) is 6.19. The van der Waals surface area contributed by atoms with Crippen LogP contribution >= 0.6 is 0 Å². The molecule has 0 fully saturated rings. The molecule has 148 valence electrons. The van der Waals surface area contributed by atoms with Crippen LogP contribution in [0.1, 0.15) is 0 Å². The predicted molar refractivity (Wildman–Crippen MR) is 60.6 cm³/mol. The van der Waals surface area contributed by atoms with E-state index in [4.69, 9.17) is 0 Å². The molecule has 0 unspecified atom stereocenters. The van der Waals surface area contributed by atoms with E-state index in [2.05, 4.69) is 17.2 Å². The second kappa shape index (κ2) is 6.99. The maximum absolute atomic E-state index is 13.4. The number of rotatable bonds is 8. The Bertz CT molecular complexity index is 617. The molecule has 0 saturated carbocycles. The van der Waals surface area contributed by atoms with Crippen LogP contribution < -0.4 is 5.84 Å². The van der Waals surface area contributed by atoms with Crippen molar-refractivity contribution in [3.63, 3.8) is 0 Å². The first-order chi connectivity index (χ1) is 10.9. The van der Waals surface area contributed by atoms with Gasteiger partial charge in [0.05, 0.1) is 6.54 Å². The lowest BCUT2D eigenvalue weighted by Gasteiger charge is -2.33. The summed E-state index contributed by atoms with van der Waals surface area (Å²) in [4.78, 5) is 10.6. The Kier molecular flexibility index (Phi) is 6.55. The minimum absolute atomic E-state index is 0.550. The van der Waals surface area contributed by atoms with Crippen LogP contribution in [0, 0.1) is 0 Å². The van der Waals surface area contributed by atoms with E-state index < -0.39 is 56.8 Å². The van der Waals surface area contributed by atoms with Gasteiger partial charge in [-0.15, -0.1) is 0 Å². The molecule has 0 aromatic carbocycles. The zero-order chi connectivity index (χ0) is 20.5. The molecule has 0 aliphatic rings. The molecule has 0 radical (unpaired) electrons. The number of alkyl halides is 9. The summed E-state index contributed by atoms with van der Waals surface area (Å²) in [5.74, 6) is -13.6. The number of carbonyl (C=O) groups is 1. The standard InChI is InChI=1S/C9H9F9N2O4S/c1-2-5(21)24-4-3-20(19)25(22,23)9(17,18)7(12,13)6(10,11)8(14,15)16/h2H,1,3-4,19H2/p+1. The maximum atomic E-state index is 13.4. The summed E-state index contributed by atoms with van der Waals surface area (Å²) >= 11 is 0. The number of esters is 1. The third-order valence-corrected chi connectivity index (χ3v) is 4.30. The second-order valence-electron chi connectivity index (χ2n) is 4.22. The maximum Gasteiger partial charge on any atom is 0.460 e. The smallest absolute Gasteiger partial charge is 0.460 e.